The highest BCUT2D eigenvalue weighted by Gasteiger charge is 2.31. The van der Waals surface area contributed by atoms with E-state index in [1.807, 2.05) is 13.8 Å². The van der Waals surface area contributed by atoms with Crippen molar-refractivity contribution in [2.24, 2.45) is 11.7 Å². The van der Waals surface area contributed by atoms with E-state index in [0.29, 0.717) is 12.0 Å². The van der Waals surface area contributed by atoms with Gasteiger partial charge in [-0.1, -0.05) is 31.1 Å². The zero-order valence-electron chi connectivity index (χ0n) is 14.4. The van der Waals surface area contributed by atoms with Crippen molar-refractivity contribution in [2.45, 2.75) is 39.3 Å². The molecule has 0 fully saturated rings. The Balaban J connectivity index is 2.12. The summed E-state index contributed by atoms with van der Waals surface area (Å²) < 4.78 is 5.15. The molecule has 2 rings (SSSR count). The Morgan fingerprint density at radius 3 is 2.80 bits per heavy atom. The van der Waals surface area contributed by atoms with Crippen LogP contribution in [0.3, 0.4) is 0 Å². The number of primary amides is 1. The van der Waals surface area contributed by atoms with Crippen LogP contribution in [0.15, 0.2) is 28.8 Å². The van der Waals surface area contributed by atoms with Gasteiger partial charge < -0.3 is 10.3 Å². The number of carbonyl (C=O) groups is 1. The number of nitrogens with one attached hydrogen (secondary N) is 1. The molecular weight excluding hydrogens is 326 g/mol. The molecule has 1 aromatic heterocycles. The Bertz CT molecular complexity index is 773. The predicted octanol–water partition coefficient (Wildman–Crippen LogP) is 2.02. The number of amides is 1. The number of nitro groups is 1. The summed E-state index contributed by atoms with van der Waals surface area (Å²) in [4.78, 5) is 26.3. The van der Waals surface area contributed by atoms with Crippen LogP contribution in [0.4, 0.5) is 5.69 Å². The van der Waals surface area contributed by atoms with Crippen molar-refractivity contribution in [3.05, 3.63) is 40.3 Å². The highest BCUT2D eigenvalue weighted by atomic mass is 16.6. The number of hydrogen-bond donors (Lipinski definition) is 2. The molecule has 0 aliphatic carbocycles. The van der Waals surface area contributed by atoms with E-state index in [1.54, 1.807) is 19.1 Å². The molecule has 0 spiro atoms. The number of benzene rings is 1. The molecule has 1 aromatic carbocycles. The first-order valence-corrected chi connectivity index (χ1v) is 7.83. The molecule has 2 aromatic rings. The van der Waals surface area contributed by atoms with Crippen LogP contribution >= 0.6 is 0 Å². The molecule has 0 bridgehead atoms. The highest BCUT2D eigenvalue weighted by Crippen LogP contribution is 2.22. The van der Waals surface area contributed by atoms with E-state index in [4.69, 9.17) is 10.3 Å². The third kappa shape index (κ3) is 4.60. The van der Waals surface area contributed by atoms with E-state index < -0.39 is 16.4 Å². The van der Waals surface area contributed by atoms with Crippen molar-refractivity contribution in [2.75, 3.05) is 0 Å². The normalized spacial score (nSPS) is 13.6. The molecule has 0 saturated heterocycles. The molecule has 25 heavy (non-hydrogen) atoms. The lowest BCUT2D eigenvalue weighted by Crippen LogP contribution is -2.53. The summed E-state index contributed by atoms with van der Waals surface area (Å²) in [6.07, 6.45) is 0.564. The van der Waals surface area contributed by atoms with Crippen LogP contribution in [-0.2, 0) is 11.3 Å². The predicted molar refractivity (Wildman–Crippen MR) is 90.3 cm³/mol. The van der Waals surface area contributed by atoms with Crippen molar-refractivity contribution in [3.63, 3.8) is 0 Å². The molecule has 9 heteroatoms. The van der Waals surface area contributed by atoms with Gasteiger partial charge in [-0.3, -0.25) is 20.2 Å². The standard InChI is InChI=1S/C16H21N5O4/c1-10(2)8-16(3,15(17)22)18-9-13-19-14(20-25-13)11-5-4-6-12(7-11)21(23)24/h4-7,10,18H,8-9H2,1-3H3,(H2,17,22). The Morgan fingerprint density at radius 1 is 1.48 bits per heavy atom. The minimum absolute atomic E-state index is 0.0554. The van der Waals surface area contributed by atoms with Gasteiger partial charge in [0.1, 0.15) is 0 Å². The molecule has 1 unspecified atom stereocenters. The van der Waals surface area contributed by atoms with E-state index in [0.717, 1.165) is 0 Å². The molecule has 0 aliphatic rings. The maximum atomic E-state index is 11.7. The Morgan fingerprint density at radius 2 is 2.20 bits per heavy atom. The van der Waals surface area contributed by atoms with Gasteiger partial charge >= 0.3 is 0 Å². The SMILES string of the molecule is CC(C)CC(C)(NCc1nc(-c2cccc([N+](=O)[O-])c2)no1)C(N)=O. The van der Waals surface area contributed by atoms with Gasteiger partial charge in [-0.15, -0.1) is 0 Å². The topological polar surface area (TPSA) is 137 Å². The van der Waals surface area contributed by atoms with Gasteiger partial charge in [-0.05, 0) is 19.3 Å². The summed E-state index contributed by atoms with van der Waals surface area (Å²) in [6, 6.07) is 5.96. The third-order valence-corrected chi connectivity index (χ3v) is 3.77. The molecular formula is C16H21N5O4. The van der Waals surface area contributed by atoms with Crippen LogP contribution in [0.2, 0.25) is 0 Å². The van der Waals surface area contributed by atoms with Crippen LogP contribution in [0.5, 0.6) is 0 Å². The molecule has 0 saturated carbocycles. The van der Waals surface area contributed by atoms with Crippen molar-refractivity contribution < 1.29 is 14.2 Å². The Kier molecular flexibility index (Phi) is 5.48. The summed E-state index contributed by atoms with van der Waals surface area (Å²) in [6.45, 7) is 5.88. The van der Waals surface area contributed by atoms with Crippen LogP contribution in [0, 0.1) is 16.0 Å². The summed E-state index contributed by atoms with van der Waals surface area (Å²) in [5, 5.41) is 17.7. The van der Waals surface area contributed by atoms with Crippen LogP contribution in [0.25, 0.3) is 11.4 Å². The number of nitrogens with zero attached hydrogens (tertiary/aromatic N) is 3. The molecule has 1 heterocycles. The summed E-state index contributed by atoms with van der Waals surface area (Å²) >= 11 is 0. The first-order valence-electron chi connectivity index (χ1n) is 7.83. The number of non-ortho nitro benzene ring substituents is 1. The average molecular weight is 347 g/mol. The highest BCUT2D eigenvalue weighted by molar-refractivity contribution is 5.84. The van der Waals surface area contributed by atoms with Gasteiger partial charge in [-0.2, -0.15) is 4.98 Å². The molecule has 3 N–H and O–H groups in total. The largest absolute Gasteiger partial charge is 0.368 e. The first kappa shape index (κ1) is 18.5. The molecule has 0 aliphatic heterocycles. The molecule has 9 nitrogen and oxygen atoms in total. The number of rotatable bonds is 8. The van der Waals surface area contributed by atoms with Crippen LogP contribution < -0.4 is 11.1 Å². The smallest absolute Gasteiger partial charge is 0.270 e. The summed E-state index contributed by atoms with van der Waals surface area (Å²) in [7, 11) is 0. The van der Waals surface area contributed by atoms with Crippen LogP contribution in [0.1, 0.15) is 33.1 Å². The van der Waals surface area contributed by atoms with Gasteiger partial charge in [0.2, 0.25) is 17.6 Å². The van der Waals surface area contributed by atoms with Crippen molar-refractivity contribution in [1.82, 2.24) is 15.5 Å². The van der Waals surface area contributed by atoms with Gasteiger partial charge in [0.05, 0.1) is 17.0 Å². The van der Waals surface area contributed by atoms with Crippen molar-refractivity contribution in [1.29, 1.82) is 0 Å². The van der Waals surface area contributed by atoms with E-state index in [2.05, 4.69) is 15.5 Å². The maximum Gasteiger partial charge on any atom is 0.270 e. The summed E-state index contributed by atoms with van der Waals surface area (Å²) in [5.74, 6) is 0.315. The maximum absolute atomic E-state index is 11.7. The second-order valence-electron chi connectivity index (χ2n) is 6.47. The second-order valence-corrected chi connectivity index (χ2v) is 6.47. The lowest BCUT2D eigenvalue weighted by Gasteiger charge is -2.28. The molecule has 1 atom stereocenters. The first-order chi connectivity index (χ1) is 11.7. The quantitative estimate of drug-likeness (QED) is 0.550. The van der Waals surface area contributed by atoms with Crippen molar-refractivity contribution >= 4 is 11.6 Å². The molecule has 134 valence electrons. The molecule has 1 amide bonds. The van der Waals surface area contributed by atoms with E-state index in [-0.39, 0.29) is 29.9 Å². The van der Waals surface area contributed by atoms with Crippen molar-refractivity contribution in [3.8, 4) is 11.4 Å². The van der Waals surface area contributed by atoms with Gasteiger partial charge in [-0.25, -0.2) is 0 Å². The molecule has 0 radical (unpaired) electrons. The fourth-order valence-corrected chi connectivity index (χ4v) is 2.55. The number of nitro benzene ring substituents is 1. The minimum Gasteiger partial charge on any atom is -0.368 e. The van der Waals surface area contributed by atoms with E-state index in [1.165, 1.54) is 12.1 Å². The zero-order valence-corrected chi connectivity index (χ0v) is 14.4. The second kappa shape index (κ2) is 7.39. The summed E-state index contributed by atoms with van der Waals surface area (Å²) in [5.41, 5.74) is 5.02. The fourth-order valence-electron chi connectivity index (χ4n) is 2.55. The third-order valence-electron chi connectivity index (χ3n) is 3.77. The Labute approximate surface area is 144 Å². The lowest BCUT2D eigenvalue weighted by molar-refractivity contribution is -0.384. The van der Waals surface area contributed by atoms with Crippen LogP contribution in [-0.4, -0.2) is 26.5 Å². The number of nitrogens with two attached hydrogens (primary N) is 1. The fraction of sp³-hybridized carbons (Fsp3) is 0.438. The average Bonchev–Trinajstić information content (AvgIpc) is 3.01. The monoisotopic (exact) mass is 347 g/mol. The van der Waals surface area contributed by atoms with Gasteiger partial charge in [0.15, 0.2) is 0 Å². The number of aromatic nitrogens is 2. The number of hydrogen-bond acceptors (Lipinski definition) is 7. The van der Waals surface area contributed by atoms with E-state index >= 15 is 0 Å². The minimum atomic E-state index is -0.895. The Hall–Kier alpha value is -2.81. The number of carbonyl (C=O) groups excluding carboxylic acids is 1. The zero-order chi connectivity index (χ0) is 18.6. The van der Waals surface area contributed by atoms with Gasteiger partial charge in [0, 0.05) is 17.7 Å². The van der Waals surface area contributed by atoms with E-state index in [9.17, 15) is 14.9 Å². The lowest BCUT2D eigenvalue weighted by atomic mass is 9.90. The van der Waals surface area contributed by atoms with Gasteiger partial charge in [0.25, 0.3) is 5.69 Å².